The SMILES string of the molecule is CC[C@@H]1CO[C@H]2[C@@H]1OC[C@H]2O. The summed E-state index contributed by atoms with van der Waals surface area (Å²) in [5.74, 6) is 0.497. The van der Waals surface area contributed by atoms with E-state index in [2.05, 4.69) is 6.92 Å². The van der Waals surface area contributed by atoms with Crippen LogP contribution in [-0.2, 0) is 9.47 Å². The van der Waals surface area contributed by atoms with Gasteiger partial charge in [-0.2, -0.15) is 0 Å². The molecule has 2 fully saturated rings. The monoisotopic (exact) mass is 158 g/mol. The predicted octanol–water partition coefficient (Wildman–Crippen LogP) is 0.171. The van der Waals surface area contributed by atoms with Crippen molar-refractivity contribution in [2.75, 3.05) is 13.2 Å². The van der Waals surface area contributed by atoms with Crippen molar-refractivity contribution in [1.82, 2.24) is 0 Å². The number of aliphatic hydroxyl groups is 1. The molecule has 2 aliphatic rings. The molecule has 0 radical (unpaired) electrons. The molecular weight excluding hydrogens is 144 g/mol. The summed E-state index contributed by atoms with van der Waals surface area (Å²) < 4.78 is 10.8. The molecule has 0 bridgehead atoms. The zero-order valence-corrected chi connectivity index (χ0v) is 6.69. The van der Waals surface area contributed by atoms with Crippen LogP contribution in [0.15, 0.2) is 0 Å². The second-order valence-corrected chi connectivity index (χ2v) is 3.33. The van der Waals surface area contributed by atoms with Crippen LogP contribution in [0.5, 0.6) is 0 Å². The van der Waals surface area contributed by atoms with Crippen LogP contribution in [-0.4, -0.2) is 36.6 Å². The van der Waals surface area contributed by atoms with Gasteiger partial charge in [-0.1, -0.05) is 6.92 Å². The Morgan fingerprint density at radius 1 is 1.27 bits per heavy atom. The fraction of sp³-hybridized carbons (Fsp3) is 1.00. The van der Waals surface area contributed by atoms with E-state index in [4.69, 9.17) is 9.47 Å². The third kappa shape index (κ3) is 1.08. The number of aliphatic hydroxyl groups excluding tert-OH is 1. The van der Waals surface area contributed by atoms with E-state index in [1.165, 1.54) is 0 Å². The smallest absolute Gasteiger partial charge is 0.112 e. The molecule has 0 unspecified atom stereocenters. The first kappa shape index (κ1) is 7.53. The lowest BCUT2D eigenvalue weighted by Gasteiger charge is -2.12. The molecule has 0 spiro atoms. The Bertz CT molecular complexity index is 148. The van der Waals surface area contributed by atoms with Crippen LogP contribution in [0.25, 0.3) is 0 Å². The van der Waals surface area contributed by atoms with Crippen LogP contribution in [0.1, 0.15) is 13.3 Å². The van der Waals surface area contributed by atoms with Gasteiger partial charge in [0, 0.05) is 5.92 Å². The van der Waals surface area contributed by atoms with Gasteiger partial charge in [-0.05, 0) is 6.42 Å². The lowest BCUT2D eigenvalue weighted by molar-refractivity contribution is 0.0168. The Balaban J connectivity index is 2.04. The van der Waals surface area contributed by atoms with Gasteiger partial charge in [0.25, 0.3) is 0 Å². The van der Waals surface area contributed by atoms with Crippen LogP contribution in [0, 0.1) is 5.92 Å². The Hall–Kier alpha value is -0.120. The summed E-state index contributed by atoms with van der Waals surface area (Å²) in [5, 5.41) is 9.36. The minimum absolute atomic E-state index is 0.0417. The van der Waals surface area contributed by atoms with Crippen molar-refractivity contribution in [3.05, 3.63) is 0 Å². The van der Waals surface area contributed by atoms with E-state index in [0.29, 0.717) is 12.5 Å². The van der Waals surface area contributed by atoms with Crippen molar-refractivity contribution < 1.29 is 14.6 Å². The molecule has 3 heteroatoms. The van der Waals surface area contributed by atoms with Crippen molar-refractivity contribution in [2.24, 2.45) is 5.92 Å². The van der Waals surface area contributed by atoms with Crippen LogP contribution in [0.3, 0.4) is 0 Å². The Morgan fingerprint density at radius 2 is 2.00 bits per heavy atom. The van der Waals surface area contributed by atoms with E-state index in [9.17, 15) is 5.11 Å². The number of hydrogen-bond donors (Lipinski definition) is 1. The maximum atomic E-state index is 9.36. The molecule has 11 heavy (non-hydrogen) atoms. The maximum absolute atomic E-state index is 9.36. The fourth-order valence-corrected chi connectivity index (χ4v) is 1.91. The van der Waals surface area contributed by atoms with Gasteiger partial charge in [-0.15, -0.1) is 0 Å². The van der Waals surface area contributed by atoms with E-state index in [1.54, 1.807) is 0 Å². The summed E-state index contributed by atoms with van der Waals surface area (Å²) in [6.45, 7) is 3.33. The van der Waals surface area contributed by atoms with Crippen molar-refractivity contribution in [3.8, 4) is 0 Å². The third-order valence-electron chi connectivity index (χ3n) is 2.65. The molecule has 2 heterocycles. The molecule has 0 aromatic carbocycles. The highest BCUT2D eigenvalue weighted by Crippen LogP contribution is 2.32. The van der Waals surface area contributed by atoms with Crippen LogP contribution >= 0.6 is 0 Å². The molecule has 64 valence electrons. The summed E-state index contributed by atoms with van der Waals surface area (Å²) in [7, 11) is 0. The summed E-state index contributed by atoms with van der Waals surface area (Å²) in [6.07, 6.45) is 0.806. The van der Waals surface area contributed by atoms with Gasteiger partial charge in [0.2, 0.25) is 0 Å². The molecule has 3 nitrogen and oxygen atoms in total. The number of hydrogen-bond acceptors (Lipinski definition) is 3. The topological polar surface area (TPSA) is 38.7 Å². The summed E-state index contributed by atoms with van der Waals surface area (Å²) >= 11 is 0. The standard InChI is InChI=1S/C8H14O3/c1-2-5-3-10-8-6(9)4-11-7(5)8/h5-9H,2-4H2,1H3/t5-,6-,7-,8-/m1/s1. The van der Waals surface area contributed by atoms with Gasteiger partial charge in [0.15, 0.2) is 0 Å². The van der Waals surface area contributed by atoms with Crippen molar-refractivity contribution in [2.45, 2.75) is 31.7 Å². The predicted molar refractivity (Wildman–Crippen MR) is 39.3 cm³/mol. The molecule has 2 rings (SSSR count). The Kier molecular flexibility index (Phi) is 1.87. The summed E-state index contributed by atoms with van der Waals surface area (Å²) in [6, 6.07) is 0. The second kappa shape index (κ2) is 2.73. The van der Waals surface area contributed by atoms with E-state index < -0.39 is 6.10 Å². The fourth-order valence-electron chi connectivity index (χ4n) is 1.91. The number of fused-ring (bicyclic) bond motifs is 1. The zero-order valence-electron chi connectivity index (χ0n) is 6.69. The molecule has 2 aliphatic heterocycles. The molecule has 4 atom stereocenters. The average Bonchev–Trinajstić information content (AvgIpc) is 2.53. The molecule has 0 aliphatic carbocycles. The third-order valence-corrected chi connectivity index (χ3v) is 2.65. The lowest BCUT2D eigenvalue weighted by Crippen LogP contribution is -2.28. The molecule has 0 amide bonds. The normalized spacial score (nSPS) is 49.6. The Morgan fingerprint density at radius 3 is 2.73 bits per heavy atom. The van der Waals surface area contributed by atoms with Crippen LogP contribution in [0.4, 0.5) is 0 Å². The molecule has 1 N–H and O–H groups in total. The van der Waals surface area contributed by atoms with E-state index in [-0.39, 0.29) is 12.2 Å². The summed E-state index contributed by atoms with van der Waals surface area (Å²) in [5.41, 5.74) is 0. The van der Waals surface area contributed by atoms with Crippen LogP contribution < -0.4 is 0 Å². The zero-order chi connectivity index (χ0) is 7.84. The quantitative estimate of drug-likeness (QED) is 0.591. The van der Waals surface area contributed by atoms with Crippen LogP contribution in [0.2, 0.25) is 0 Å². The maximum Gasteiger partial charge on any atom is 0.112 e. The highest BCUT2D eigenvalue weighted by atomic mass is 16.6. The van der Waals surface area contributed by atoms with Gasteiger partial charge in [0.1, 0.15) is 12.2 Å². The largest absolute Gasteiger partial charge is 0.388 e. The first-order valence-electron chi connectivity index (χ1n) is 4.24. The minimum atomic E-state index is -0.392. The molecule has 0 saturated carbocycles. The second-order valence-electron chi connectivity index (χ2n) is 3.33. The first-order valence-corrected chi connectivity index (χ1v) is 4.24. The lowest BCUT2D eigenvalue weighted by atomic mass is 9.99. The average molecular weight is 158 g/mol. The number of ether oxygens (including phenoxy) is 2. The van der Waals surface area contributed by atoms with Gasteiger partial charge < -0.3 is 14.6 Å². The highest BCUT2D eigenvalue weighted by molar-refractivity contribution is 4.93. The molecule has 2 saturated heterocycles. The molecule has 0 aromatic heterocycles. The van der Waals surface area contributed by atoms with Gasteiger partial charge in [-0.25, -0.2) is 0 Å². The first-order chi connectivity index (χ1) is 5.33. The number of rotatable bonds is 1. The van der Waals surface area contributed by atoms with E-state index in [0.717, 1.165) is 13.0 Å². The van der Waals surface area contributed by atoms with Crippen molar-refractivity contribution >= 4 is 0 Å². The minimum Gasteiger partial charge on any atom is -0.388 e. The molecule has 0 aromatic rings. The summed E-state index contributed by atoms with van der Waals surface area (Å²) in [4.78, 5) is 0. The van der Waals surface area contributed by atoms with Gasteiger partial charge in [0.05, 0.1) is 19.3 Å². The van der Waals surface area contributed by atoms with Gasteiger partial charge in [-0.3, -0.25) is 0 Å². The van der Waals surface area contributed by atoms with Crippen molar-refractivity contribution in [3.63, 3.8) is 0 Å². The van der Waals surface area contributed by atoms with E-state index in [1.807, 2.05) is 0 Å². The van der Waals surface area contributed by atoms with E-state index >= 15 is 0 Å². The Labute approximate surface area is 66.3 Å². The molecular formula is C8H14O3. The highest BCUT2D eigenvalue weighted by Gasteiger charge is 2.45. The van der Waals surface area contributed by atoms with Gasteiger partial charge >= 0.3 is 0 Å². The van der Waals surface area contributed by atoms with Crippen molar-refractivity contribution in [1.29, 1.82) is 0 Å².